The van der Waals surface area contributed by atoms with Crippen LogP contribution in [0.5, 0.6) is 0 Å². The Kier molecular flexibility index (Phi) is 4.37. The van der Waals surface area contributed by atoms with Crippen LogP contribution in [-0.4, -0.2) is 34.6 Å². The van der Waals surface area contributed by atoms with Crippen LogP contribution in [0.1, 0.15) is 17.0 Å². The van der Waals surface area contributed by atoms with Gasteiger partial charge in [-0.1, -0.05) is 23.4 Å². The van der Waals surface area contributed by atoms with E-state index in [1.165, 1.54) is 0 Å². The Morgan fingerprint density at radius 1 is 1.10 bits per heavy atom. The number of nitrogens with zero attached hydrogens (tertiary/aromatic N) is 8. The fraction of sp³-hybridized carbons (Fsp3) is 0.0909. The number of benzene rings is 1. The van der Waals surface area contributed by atoms with Crippen molar-refractivity contribution >= 4 is 11.3 Å². The van der Waals surface area contributed by atoms with Crippen LogP contribution < -0.4 is 5.73 Å². The molecule has 31 heavy (non-hydrogen) atoms. The van der Waals surface area contributed by atoms with Gasteiger partial charge in [0, 0.05) is 30.9 Å². The van der Waals surface area contributed by atoms with Crippen molar-refractivity contribution in [2.75, 3.05) is 5.73 Å². The minimum atomic E-state index is 0.344. The molecule has 9 nitrogen and oxygen atoms in total. The lowest BCUT2D eigenvalue weighted by Gasteiger charge is -2.13. The fourth-order valence-electron chi connectivity index (χ4n) is 3.56. The standard InChI is InChI=1S/C22H17N9/c1-30-19(13-26-29-30)21-20(15-6-4-5-14(9-15)12-23)27-22(24)18-11-17(28-31(18)21)10-16-7-2-3-8-25-16/h2-9,11,13H,10H2,1H3,(H2,24,27). The van der Waals surface area contributed by atoms with E-state index in [4.69, 9.17) is 10.8 Å². The maximum atomic E-state index is 9.33. The summed E-state index contributed by atoms with van der Waals surface area (Å²) in [5, 5.41) is 22.2. The lowest BCUT2D eigenvalue weighted by molar-refractivity contribution is 0.716. The second kappa shape index (κ2) is 7.35. The summed E-state index contributed by atoms with van der Waals surface area (Å²) in [6.07, 6.45) is 3.97. The molecular formula is C22H17N9. The number of hydrogen-bond acceptors (Lipinski definition) is 7. The van der Waals surface area contributed by atoms with Crippen LogP contribution in [0.4, 0.5) is 5.82 Å². The third kappa shape index (κ3) is 3.26. The zero-order valence-electron chi connectivity index (χ0n) is 16.6. The number of hydrogen-bond donors (Lipinski definition) is 1. The van der Waals surface area contributed by atoms with Gasteiger partial charge in [-0.25, -0.2) is 14.2 Å². The second-order valence-corrected chi connectivity index (χ2v) is 7.06. The highest BCUT2D eigenvalue weighted by Gasteiger charge is 2.21. The molecule has 5 rings (SSSR count). The molecule has 0 unspecified atom stereocenters. The monoisotopic (exact) mass is 407 g/mol. The van der Waals surface area contributed by atoms with Gasteiger partial charge in [-0.15, -0.1) is 5.10 Å². The average Bonchev–Trinajstić information content (AvgIpc) is 3.41. The minimum absolute atomic E-state index is 0.344. The molecule has 4 heterocycles. The highest BCUT2D eigenvalue weighted by atomic mass is 15.4. The molecule has 4 aromatic heterocycles. The predicted molar refractivity (Wildman–Crippen MR) is 115 cm³/mol. The number of nitrogen functional groups attached to an aromatic ring is 1. The van der Waals surface area contributed by atoms with Gasteiger partial charge in [0.05, 0.1) is 23.5 Å². The predicted octanol–water partition coefficient (Wildman–Crippen LogP) is 2.63. The average molecular weight is 407 g/mol. The number of nitriles is 1. The van der Waals surface area contributed by atoms with E-state index in [9.17, 15) is 5.26 Å². The summed E-state index contributed by atoms with van der Waals surface area (Å²) >= 11 is 0. The number of nitrogens with two attached hydrogens (primary N) is 1. The van der Waals surface area contributed by atoms with Crippen molar-refractivity contribution in [3.05, 3.63) is 77.9 Å². The largest absolute Gasteiger partial charge is 0.382 e. The van der Waals surface area contributed by atoms with Crippen LogP contribution in [0.25, 0.3) is 28.2 Å². The van der Waals surface area contributed by atoms with E-state index in [0.29, 0.717) is 34.7 Å². The number of fused-ring (bicyclic) bond motifs is 1. The van der Waals surface area contributed by atoms with Crippen molar-refractivity contribution in [2.24, 2.45) is 7.05 Å². The Balaban J connectivity index is 1.77. The molecule has 9 heteroatoms. The van der Waals surface area contributed by atoms with E-state index < -0.39 is 0 Å². The molecule has 0 bridgehead atoms. The van der Waals surface area contributed by atoms with Crippen LogP contribution in [0, 0.1) is 11.3 Å². The molecule has 0 amide bonds. The summed E-state index contributed by atoms with van der Waals surface area (Å²) in [5.41, 5.74) is 12.0. The minimum Gasteiger partial charge on any atom is -0.382 e. The molecule has 0 atom stereocenters. The van der Waals surface area contributed by atoms with Gasteiger partial charge in [0.15, 0.2) is 0 Å². The van der Waals surface area contributed by atoms with Gasteiger partial charge in [-0.2, -0.15) is 10.4 Å². The maximum Gasteiger partial charge on any atom is 0.150 e. The second-order valence-electron chi connectivity index (χ2n) is 7.06. The van der Waals surface area contributed by atoms with Crippen LogP contribution in [-0.2, 0) is 13.5 Å². The molecule has 0 saturated carbocycles. The molecule has 0 aliphatic rings. The fourth-order valence-corrected chi connectivity index (χ4v) is 3.56. The number of aromatic nitrogens is 7. The third-order valence-corrected chi connectivity index (χ3v) is 5.00. The molecule has 5 aromatic rings. The molecule has 0 spiro atoms. The maximum absolute atomic E-state index is 9.33. The molecule has 1 aromatic carbocycles. The topological polar surface area (TPSA) is 124 Å². The summed E-state index contributed by atoms with van der Waals surface area (Å²) in [6.45, 7) is 0. The van der Waals surface area contributed by atoms with Gasteiger partial charge in [0.25, 0.3) is 0 Å². The number of rotatable bonds is 4. The summed E-state index contributed by atoms with van der Waals surface area (Å²) < 4.78 is 3.43. The Hall–Kier alpha value is -4.58. The van der Waals surface area contributed by atoms with Crippen molar-refractivity contribution in [1.29, 1.82) is 5.26 Å². The van der Waals surface area contributed by atoms with Crippen LogP contribution in [0.2, 0.25) is 0 Å². The zero-order valence-corrected chi connectivity index (χ0v) is 16.6. The van der Waals surface area contributed by atoms with Crippen molar-refractivity contribution in [3.8, 4) is 28.7 Å². The normalized spacial score (nSPS) is 11.0. The van der Waals surface area contributed by atoms with Crippen molar-refractivity contribution in [2.45, 2.75) is 6.42 Å². The lowest BCUT2D eigenvalue weighted by Crippen LogP contribution is -2.07. The van der Waals surface area contributed by atoms with Crippen LogP contribution >= 0.6 is 0 Å². The third-order valence-electron chi connectivity index (χ3n) is 5.00. The van der Waals surface area contributed by atoms with E-state index in [0.717, 1.165) is 22.6 Å². The Morgan fingerprint density at radius 2 is 2.00 bits per heavy atom. The first kappa shape index (κ1) is 18.4. The number of anilines is 1. The first-order valence-electron chi connectivity index (χ1n) is 9.57. The van der Waals surface area contributed by atoms with E-state index >= 15 is 0 Å². The van der Waals surface area contributed by atoms with E-state index in [1.54, 1.807) is 40.8 Å². The van der Waals surface area contributed by atoms with Gasteiger partial charge in [-0.05, 0) is 30.3 Å². The molecular weight excluding hydrogens is 390 g/mol. The Labute approximate surface area is 177 Å². The van der Waals surface area contributed by atoms with Gasteiger partial charge in [0.2, 0.25) is 0 Å². The summed E-state index contributed by atoms with van der Waals surface area (Å²) in [5.74, 6) is 0.344. The highest BCUT2D eigenvalue weighted by molar-refractivity contribution is 5.83. The molecule has 150 valence electrons. The van der Waals surface area contributed by atoms with Crippen molar-refractivity contribution in [3.63, 3.8) is 0 Å². The molecule has 2 N–H and O–H groups in total. The summed E-state index contributed by atoms with van der Waals surface area (Å²) in [7, 11) is 1.80. The molecule has 0 saturated heterocycles. The van der Waals surface area contributed by atoms with Crippen LogP contribution in [0.15, 0.2) is 60.9 Å². The number of pyridine rings is 1. The van der Waals surface area contributed by atoms with Crippen molar-refractivity contribution in [1.82, 2.24) is 34.6 Å². The molecule has 0 aliphatic heterocycles. The first-order chi connectivity index (χ1) is 15.1. The van der Waals surface area contributed by atoms with E-state index in [1.807, 2.05) is 36.4 Å². The summed E-state index contributed by atoms with van der Waals surface area (Å²) in [4.78, 5) is 9.07. The van der Waals surface area contributed by atoms with Crippen molar-refractivity contribution < 1.29 is 0 Å². The molecule has 0 radical (unpaired) electrons. The van der Waals surface area contributed by atoms with E-state index in [2.05, 4.69) is 26.3 Å². The SMILES string of the molecule is Cn1nncc1-c1c(-c2cccc(C#N)c2)nc(N)c2cc(Cc3ccccn3)nn12. The van der Waals surface area contributed by atoms with E-state index in [-0.39, 0.29) is 0 Å². The Bertz CT molecular complexity index is 1440. The van der Waals surface area contributed by atoms with Gasteiger partial charge < -0.3 is 5.73 Å². The Morgan fingerprint density at radius 3 is 2.74 bits per heavy atom. The quantitative estimate of drug-likeness (QED) is 0.486. The summed E-state index contributed by atoms with van der Waals surface area (Å²) in [6, 6.07) is 17.1. The first-order valence-corrected chi connectivity index (χ1v) is 9.57. The highest BCUT2D eigenvalue weighted by Crippen LogP contribution is 2.33. The zero-order chi connectivity index (χ0) is 21.4. The van der Waals surface area contributed by atoms with Gasteiger partial charge >= 0.3 is 0 Å². The smallest absolute Gasteiger partial charge is 0.150 e. The van der Waals surface area contributed by atoms with Gasteiger partial charge in [0.1, 0.15) is 28.4 Å². The number of aryl methyl sites for hydroxylation is 1. The molecule has 0 aliphatic carbocycles. The lowest BCUT2D eigenvalue weighted by atomic mass is 10.1. The molecule has 0 fully saturated rings. The van der Waals surface area contributed by atoms with Crippen LogP contribution in [0.3, 0.4) is 0 Å². The van der Waals surface area contributed by atoms with Gasteiger partial charge in [-0.3, -0.25) is 4.98 Å².